The lowest BCUT2D eigenvalue weighted by Gasteiger charge is -2.27. The minimum atomic E-state index is 0.646. The summed E-state index contributed by atoms with van der Waals surface area (Å²) in [5.74, 6) is 1.49. The van der Waals surface area contributed by atoms with Gasteiger partial charge in [0, 0.05) is 25.2 Å². The van der Waals surface area contributed by atoms with Crippen LogP contribution in [0.3, 0.4) is 0 Å². The van der Waals surface area contributed by atoms with E-state index in [1.54, 1.807) is 25.6 Å². The second-order valence-electron chi connectivity index (χ2n) is 10.6. The SMILES string of the molecule is CCCCCCCCc1ccc2nc(N=Nc3cc(OC)c(N(CCCCC)CCCCC)cc3OC)sc2c1. The van der Waals surface area contributed by atoms with Crippen molar-refractivity contribution >= 4 is 38.1 Å². The number of azo groups is 1. The minimum absolute atomic E-state index is 0.646. The van der Waals surface area contributed by atoms with E-state index in [0.29, 0.717) is 16.6 Å². The minimum Gasteiger partial charge on any atom is -0.494 e. The van der Waals surface area contributed by atoms with E-state index in [1.807, 2.05) is 6.07 Å². The molecule has 1 aromatic heterocycles. The van der Waals surface area contributed by atoms with Crippen LogP contribution >= 0.6 is 11.3 Å². The fourth-order valence-electron chi connectivity index (χ4n) is 5.01. The molecule has 3 aromatic rings. The number of anilines is 1. The number of hydrogen-bond acceptors (Lipinski definition) is 7. The Bertz CT molecular complexity index is 1170. The maximum absolute atomic E-state index is 5.84. The zero-order chi connectivity index (χ0) is 28.6. The van der Waals surface area contributed by atoms with Crippen molar-refractivity contribution in [3.63, 3.8) is 0 Å². The van der Waals surface area contributed by atoms with E-state index in [9.17, 15) is 0 Å². The van der Waals surface area contributed by atoms with Gasteiger partial charge in [-0.25, -0.2) is 4.98 Å². The van der Waals surface area contributed by atoms with Crippen molar-refractivity contribution in [1.82, 2.24) is 4.98 Å². The molecular formula is C33H50N4O2S. The Hall–Kier alpha value is -2.67. The maximum atomic E-state index is 5.84. The van der Waals surface area contributed by atoms with Gasteiger partial charge in [0.2, 0.25) is 5.13 Å². The molecule has 0 N–H and O–H groups in total. The van der Waals surface area contributed by atoms with Crippen LogP contribution in [0.2, 0.25) is 0 Å². The summed E-state index contributed by atoms with van der Waals surface area (Å²) in [4.78, 5) is 7.14. The van der Waals surface area contributed by atoms with E-state index in [0.717, 1.165) is 54.0 Å². The molecule has 6 nitrogen and oxygen atoms in total. The fourth-order valence-corrected chi connectivity index (χ4v) is 5.86. The Morgan fingerprint density at radius 1 is 0.725 bits per heavy atom. The number of benzene rings is 2. The van der Waals surface area contributed by atoms with E-state index >= 15 is 0 Å². The van der Waals surface area contributed by atoms with Crippen molar-refractivity contribution in [3.05, 3.63) is 35.9 Å². The Labute approximate surface area is 246 Å². The third-order valence-electron chi connectivity index (χ3n) is 7.39. The van der Waals surface area contributed by atoms with Gasteiger partial charge in [-0.2, -0.15) is 0 Å². The predicted molar refractivity (Wildman–Crippen MR) is 172 cm³/mol. The first-order chi connectivity index (χ1) is 19.6. The van der Waals surface area contributed by atoms with E-state index in [4.69, 9.17) is 14.5 Å². The Morgan fingerprint density at radius 2 is 1.38 bits per heavy atom. The van der Waals surface area contributed by atoms with Crippen LogP contribution < -0.4 is 14.4 Å². The van der Waals surface area contributed by atoms with E-state index in [2.05, 4.69) is 60.2 Å². The van der Waals surface area contributed by atoms with Crippen LogP contribution in [0.25, 0.3) is 10.2 Å². The summed E-state index contributed by atoms with van der Waals surface area (Å²) in [6, 6.07) is 10.6. The highest BCUT2D eigenvalue weighted by molar-refractivity contribution is 7.21. The van der Waals surface area contributed by atoms with E-state index < -0.39 is 0 Å². The zero-order valence-electron chi connectivity index (χ0n) is 25.5. The molecule has 0 spiro atoms. The van der Waals surface area contributed by atoms with E-state index in [1.165, 1.54) is 69.8 Å². The van der Waals surface area contributed by atoms with Gasteiger partial charge in [-0.15, -0.1) is 10.2 Å². The standard InChI is InChI=1S/C33H50N4O2S/c1-6-9-12-13-14-15-18-26-19-20-27-32(23-26)40-33(34-27)36-35-28-24-31(39-5)29(25-30(28)38-4)37(21-16-10-7-2)22-17-11-8-3/h19-20,23-25H,6-18,21-22H2,1-5H3. The van der Waals surface area contributed by atoms with Crippen LogP contribution in [0.4, 0.5) is 16.5 Å². The highest BCUT2D eigenvalue weighted by atomic mass is 32.1. The van der Waals surface area contributed by atoms with Crippen molar-refractivity contribution in [2.45, 2.75) is 104 Å². The number of ether oxygens (including phenoxy) is 2. The number of unbranched alkanes of at least 4 members (excludes halogenated alkanes) is 9. The molecule has 7 heteroatoms. The van der Waals surface area contributed by atoms with Crippen molar-refractivity contribution in [3.8, 4) is 11.5 Å². The number of aryl methyl sites for hydroxylation is 1. The van der Waals surface area contributed by atoms with Gasteiger partial charge in [-0.1, -0.05) is 96.0 Å². The molecule has 3 rings (SSSR count). The number of aromatic nitrogens is 1. The first-order valence-corrected chi connectivity index (χ1v) is 16.3. The quantitative estimate of drug-likeness (QED) is 0.101. The average molecular weight is 567 g/mol. The van der Waals surface area contributed by atoms with Gasteiger partial charge < -0.3 is 14.4 Å². The molecule has 0 atom stereocenters. The second-order valence-corrected chi connectivity index (χ2v) is 11.6. The third kappa shape index (κ3) is 9.76. The van der Waals surface area contributed by atoms with Gasteiger partial charge in [-0.3, -0.25) is 0 Å². The van der Waals surface area contributed by atoms with Gasteiger partial charge in [0.15, 0.2) is 0 Å². The maximum Gasteiger partial charge on any atom is 0.231 e. The number of thiazole rings is 1. The average Bonchev–Trinajstić information content (AvgIpc) is 3.39. The van der Waals surface area contributed by atoms with Crippen molar-refractivity contribution in [2.75, 3.05) is 32.2 Å². The van der Waals surface area contributed by atoms with Gasteiger partial charge in [0.05, 0.1) is 30.1 Å². The van der Waals surface area contributed by atoms with Crippen LogP contribution in [0, 0.1) is 0 Å². The van der Waals surface area contributed by atoms with Crippen molar-refractivity contribution < 1.29 is 9.47 Å². The molecule has 2 aromatic carbocycles. The molecule has 0 fully saturated rings. The lowest BCUT2D eigenvalue weighted by atomic mass is 10.0. The predicted octanol–water partition coefficient (Wildman–Crippen LogP) is 10.8. The molecule has 0 amide bonds. The summed E-state index contributed by atoms with van der Waals surface area (Å²) in [5, 5.41) is 9.72. The summed E-state index contributed by atoms with van der Waals surface area (Å²) >= 11 is 1.58. The summed E-state index contributed by atoms with van der Waals surface area (Å²) < 4.78 is 12.8. The molecule has 0 radical (unpaired) electrons. The van der Waals surface area contributed by atoms with Crippen molar-refractivity contribution in [2.24, 2.45) is 10.2 Å². The van der Waals surface area contributed by atoms with Crippen LogP contribution in [0.5, 0.6) is 11.5 Å². The monoisotopic (exact) mass is 566 g/mol. The Balaban J connectivity index is 1.75. The summed E-state index contributed by atoms with van der Waals surface area (Å²) in [6.07, 6.45) is 16.2. The smallest absolute Gasteiger partial charge is 0.231 e. The number of hydrogen-bond donors (Lipinski definition) is 0. The second kappa shape index (κ2) is 17.9. The summed E-state index contributed by atoms with van der Waals surface area (Å²) in [6.45, 7) is 8.76. The highest BCUT2D eigenvalue weighted by Crippen LogP contribution is 2.41. The Kier molecular flexibility index (Phi) is 14.3. The fraction of sp³-hybridized carbons (Fsp3) is 0.606. The molecule has 0 aliphatic rings. The topological polar surface area (TPSA) is 59.3 Å². The molecule has 0 saturated heterocycles. The van der Waals surface area contributed by atoms with Gasteiger partial charge in [0.1, 0.15) is 17.2 Å². The zero-order valence-corrected chi connectivity index (χ0v) is 26.3. The molecule has 1 heterocycles. The summed E-state index contributed by atoms with van der Waals surface area (Å²) in [7, 11) is 3.41. The van der Waals surface area contributed by atoms with Gasteiger partial charge in [-0.05, 0) is 43.4 Å². The Morgan fingerprint density at radius 3 is 2.05 bits per heavy atom. The third-order valence-corrected chi connectivity index (χ3v) is 8.29. The van der Waals surface area contributed by atoms with Crippen LogP contribution in [0.1, 0.15) is 103 Å². The van der Waals surface area contributed by atoms with Crippen molar-refractivity contribution in [1.29, 1.82) is 0 Å². The summed E-state index contributed by atoms with van der Waals surface area (Å²) in [5.41, 5.74) is 4.05. The number of nitrogens with zero attached hydrogens (tertiary/aromatic N) is 4. The van der Waals surface area contributed by atoms with Crippen LogP contribution in [0.15, 0.2) is 40.6 Å². The molecular weight excluding hydrogens is 516 g/mol. The van der Waals surface area contributed by atoms with Gasteiger partial charge >= 0.3 is 0 Å². The normalized spacial score (nSPS) is 11.5. The van der Waals surface area contributed by atoms with Crippen LogP contribution in [-0.2, 0) is 6.42 Å². The largest absolute Gasteiger partial charge is 0.494 e. The van der Waals surface area contributed by atoms with E-state index in [-0.39, 0.29) is 0 Å². The molecule has 0 saturated carbocycles. The molecule has 0 aliphatic heterocycles. The highest BCUT2D eigenvalue weighted by Gasteiger charge is 2.17. The lowest BCUT2D eigenvalue weighted by Crippen LogP contribution is -2.26. The van der Waals surface area contributed by atoms with Crippen LogP contribution in [-0.4, -0.2) is 32.3 Å². The number of rotatable bonds is 20. The number of fused-ring (bicyclic) bond motifs is 1. The molecule has 40 heavy (non-hydrogen) atoms. The molecule has 0 bridgehead atoms. The molecule has 220 valence electrons. The molecule has 0 unspecified atom stereocenters. The lowest BCUT2D eigenvalue weighted by molar-refractivity contribution is 0.403. The number of methoxy groups -OCH3 is 2. The first-order valence-electron chi connectivity index (χ1n) is 15.5. The first kappa shape index (κ1) is 31.9. The van der Waals surface area contributed by atoms with Gasteiger partial charge in [0.25, 0.3) is 0 Å². The molecule has 0 aliphatic carbocycles.